The number of esters is 1. The molecule has 1 unspecified atom stereocenters. The van der Waals surface area contributed by atoms with E-state index in [1.807, 2.05) is 54.6 Å². The lowest BCUT2D eigenvalue weighted by Gasteiger charge is -2.23. The molecule has 1 amide bonds. The highest BCUT2D eigenvalue weighted by Gasteiger charge is 2.27. The summed E-state index contributed by atoms with van der Waals surface area (Å²) in [6.07, 6.45) is 1.24. The number of hydrogen-bond donors (Lipinski definition) is 2. The van der Waals surface area contributed by atoms with Gasteiger partial charge in [0.1, 0.15) is 23.0 Å². The number of aromatic amines is 1. The SMILES string of the molecule is CC(C)(C)OC(=O)NC(Cc1c[nH]c2ccccc12)C(=O)Oc1ccc2c(-c3ccccc3)cc(=O)oc2c1. The predicted octanol–water partition coefficient (Wildman–Crippen LogP) is 5.98. The number of fused-ring (bicyclic) bond motifs is 2. The molecule has 0 saturated heterocycles. The summed E-state index contributed by atoms with van der Waals surface area (Å²) in [6.45, 7) is 5.23. The molecule has 0 bridgehead atoms. The van der Waals surface area contributed by atoms with Gasteiger partial charge in [-0.1, -0.05) is 48.5 Å². The van der Waals surface area contributed by atoms with E-state index in [9.17, 15) is 14.4 Å². The summed E-state index contributed by atoms with van der Waals surface area (Å²) < 4.78 is 16.5. The minimum absolute atomic E-state index is 0.170. The van der Waals surface area contributed by atoms with Gasteiger partial charge in [-0.05, 0) is 55.7 Å². The predicted molar refractivity (Wildman–Crippen MR) is 149 cm³/mol. The molecule has 0 aliphatic carbocycles. The van der Waals surface area contributed by atoms with Crippen LogP contribution in [-0.4, -0.2) is 28.7 Å². The van der Waals surface area contributed by atoms with Crippen LogP contribution in [0.1, 0.15) is 26.3 Å². The van der Waals surface area contributed by atoms with E-state index < -0.39 is 29.3 Å². The van der Waals surface area contributed by atoms with Gasteiger partial charge in [0.2, 0.25) is 0 Å². The largest absolute Gasteiger partial charge is 0.444 e. The third kappa shape index (κ3) is 6.01. The first kappa shape index (κ1) is 25.8. The zero-order chi connectivity index (χ0) is 27.6. The first-order valence-corrected chi connectivity index (χ1v) is 12.6. The van der Waals surface area contributed by atoms with Crippen LogP contribution in [-0.2, 0) is 16.0 Å². The molecular weight excluding hydrogens is 496 g/mol. The van der Waals surface area contributed by atoms with Crippen LogP contribution in [0.2, 0.25) is 0 Å². The van der Waals surface area contributed by atoms with Gasteiger partial charge in [0.05, 0.1) is 0 Å². The van der Waals surface area contributed by atoms with E-state index in [1.165, 1.54) is 12.1 Å². The molecule has 0 aliphatic rings. The lowest BCUT2D eigenvalue weighted by molar-refractivity contribution is -0.136. The fourth-order valence-corrected chi connectivity index (χ4v) is 4.41. The minimum atomic E-state index is -1.04. The molecule has 8 heteroatoms. The molecule has 198 valence electrons. The Hall–Kier alpha value is -4.85. The highest BCUT2D eigenvalue weighted by Crippen LogP contribution is 2.30. The summed E-state index contributed by atoms with van der Waals surface area (Å²) in [4.78, 5) is 41.5. The Kier molecular flexibility index (Phi) is 6.94. The monoisotopic (exact) mass is 524 g/mol. The van der Waals surface area contributed by atoms with Gasteiger partial charge in [-0.15, -0.1) is 0 Å². The number of hydrogen-bond acceptors (Lipinski definition) is 6. The minimum Gasteiger partial charge on any atom is -0.444 e. The van der Waals surface area contributed by atoms with Crippen molar-refractivity contribution in [1.82, 2.24) is 10.3 Å². The molecule has 5 aromatic rings. The number of para-hydroxylation sites is 1. The summed E-state index contributed by atoms with van der Waals surface area (Å²) in [5.74, 6) is -0.511. The van der Waals surface area contributed by atoms with Gasteiger partial charge in [0.15, 0.2) is 0 Å². The van der Waals surface area contributed by atoms with Crippen molar-refractivity contribution in [3.8, 4) is 16.9 Å². The molecule has 0 radical (unpaired) electrons. The second-order valence-electron chi connectivity index (χ2n) is 10.2. The zero-order valence-corrected chi connectivity index (χ0v) is 21.8. The number of aromatic nitrogens is 1. The van der Waals surface area contributed by atoms with E-state index >= 15 is 0 Å². The average Bonchev–Trinajstić information content (AvgIpc) is 3.30. The molecule has 2 heterocycles. The van der Waals surface area contributed by atoms with Gasteiger partial charge < -0.3 is 24.2 Å². The second kappa shape index (κ2) is 10.5. The molecule has 2 aromatic heterocycles. The normalized spacial score (nSPS) is 12.3. The van der Waals surface area contributed by atoms with Crippen molar-refractivity contribution in [2.24, 2.45) is 0 Å². The summed E-state index contributed by atoms with van der Waals surface area (Å²) in [7, 11) is 0. The lowest BCUT2D eigenvalue weighted by Crippen LogP contribution is -2.46. The molecule has 0 saturated carbocycles. The van der Waals surface area contributed by atoms with E-state index in [0.717, 1.165) is 22.0 Å². The Morgan fingerprint density at radius 2 is 1.69 bits per heavy atom. The van der Waals surface area contributed by atoms with E-state index in [1.54, 1.807) is 39.1 Å². The zero-order valence-electron chi connectivity index (χ0n) is 21.8. The fraction of sp³-hybridized carbons (Fsp3) is 0.194. The van der Waals surface area contributed by atoms with Crippen LogP contribution in [0, 0.1) is 0 Å². The first-order chi connectivity index (χ1) is 18.7. The van der Waals surface area contributed by atoms with Crippen molar-refractivity contribution in [2.75, 3.05) is 0 Å². The van der Waals surface area contributed by atoms with Crippen molar-refractivity contribution in [1.29, 1.82) is 0 Å². The molecule has 1 atom stereocenters. The molecule has 0 aliphatic heterocycles. The summed E-state index contributed by atoms with van der Waals surface area (Å²) in [5, 5.41) is 4.28. The van der Waals surface area contributed by atoms with Crippen molar-refractivity contribution in [2.45, 2.75) is 38.8 Å². The van der Waals surface area contributed by atoms with Crippen LogP contribution in [0.4, 0.5) is 4.79 Å². The molecule has 39 heavy (non-hydrogen) atoms. The van der Waals surface area contributed by atoms with Crippen LogP contribution >= 0.6 is 0 Å². The number of benzene rings is 3. The van der Waals surface area contributed by atoms with Gasteiger partial charge >= 0.3 is 17.7 Å². The smallest absolute Gasteiger partial charge is 0.408 e. The Balaban J connectivity index is 1.43. The third-order valence-electron chi connectivity index (χ3n) is 6.09. The molecule has 2 N–H and O–H groups in total. The number of H-pyrrole nitrogens is 1. The Morgan fingerprint density at radius 1 is 0.949 bits per heavy atom. The maximum absolute atomic E-state index is 13.4. The van der Waals surface area contributed by atoms with Gasteiger partial charge in [-0.2, -0.15) is 0 Å². The van der Waals surface area contributed by atoms with Crippen LogP contribution in [0.25, 0.3) is 33.0 Å². The summed E-state index contributed by atoms with van der Waals surface area (Å²) in [6, 6.07) is 22.4. The lowest BCUT2D eigenvalue weighted by atomic mass is 10.0. The molecule has 8 nitrogen and oxygen atoms in total. The highest BCUT2D eigenvalue weighted by atomic mass is 16.6. The maximum atomic E-state index is 13.4. The van der Waals surface area contributed by atoms with Crippen molar-refractivity contribution >= 4 is 33.9 Å². The average molecular weight is 525 g/mol. The number of carbonyl (C=O) groups is 2. The Morgan fingerprint density at radius 3 is 2.46 bits per heavy atom. The van der Waals surface area contributed by atoms with Gasteiger partial charge in [0.25, 0.3) is 0 Å². The number of carbonyl (C=O) groups excluding carboxylic acids is 2. The van der Waals surface area contributed by atoms with Crippen molar-refractivity contribution in [3.05, 3.63) is 101 Å². The molecule has 0 spiro atoms. The molecular formula is C31H28N2O6. The highest BCUT2D eigenvalue weighted by molar-refractivity contribution is 5.94. The van der Waals surface area contributed by atoms with Crippen LogP contribution in [0.3, 0.4) is 0 Å². The summed E-state index contributed by atoms with van der Waals surface area (Å²) in [5.41, 5.74) is 2.33. The Labute approximate surface area is 224 Å². The maximum Gasteiger partial charge on any atom is 0.408 e. The van der Waals surface area contributed by atoms with E-state index in [0.29, 0.717) is 10.9 Å². The van der Waals surface area contributed by atoms with Crippen LogP contribution in [0.5, 0.6) is 5.75 Å². The fourth-order valence-electron chi connectivity index (χ4n) is 4.41. The molecule has 3 aromatic carbocycles. The Bertz CT molecular complexity index is 1710. The quantitative estimate of drug-likeness (QED) is 0.161. The third-order valence-corrected chi connectivity index (χ3v) is 6.09. The number of amides is 1. The topological polar surface area (TPSA) is 111 Å². The number of alkyl carbamates (subject to hydrolysis) is 1. The van der Waals surface area contributed by atoms with E-state index in [2.05, 4.69) is 10.3 Å². The van der Waals surface area contributed by atoms with Crippen LogP contribution < -0.4 is 15.7 Å². The first-order valence-electron chi connectivity index (χ1n) is 12.6. The van der Waals surface area contributed by atoms with Gasteiger partial charge in [-0.25, -0.2) is 14.4 Å². The molecule has 5 rings (SSSR count). The van der Waals surface area contributed by atoms with Crippen LogP contribution in [0.15, 0.2) is 94.3 Å². The van der Waals surface area contributed by atoms with Gasteiger partial charge in [0, 0.05) is 41.0 Å². The number of nitrogens with one attached hydrogen (secondary N) is 2. The van der Waals surface area contributed by atoms with E-state index in [-0.39, 0.29) is 17.8 Å². The second-order valence-corrected chi connectivity index (χ2v) is 10.2. The standard InChI is InChI=1S/C31H28N2O6/c1-31(2,3)39-30(36)33-26(15-20-18-32-25-12-8-7-11-22(20)25)29(35)37-21-13-14-23-24(19-9-5-4-6-10-19)17-28(34)38-27(23)16-21/h4-14,16-18,26,32H,15H2,1-3H3,(H,33,36). The number of rotatable bonds is 6. The summed E-state index contributed by atoms with van der Waals surface area (Å²) >= 11 is 0. The van der Waals surface area contributed by atoms with Crippen molar-refractivity contribution < 1.29 is 23.5 Å². The van der Waals surface area contributed by atoms with Gasteiger partial charge in [-0.3, -0.25) is 0 Å². The molecule has 0 fully saturated rings. The number of ether oxygens (including phenoxy) is 2. The van der Waals surface area contributed by atoms with Crippen molar-refractivity contribution in [3.63, 3.8) is 0 Å². The van der Waals surface area contributed by atoms with E-state index in [4.69, 9.17) is 13.9 Å².